The number of carbonyl (C=O) groups excluding carboxylic acids is 2. The van der Waals surface area contributed by atoms with E-state index in [4.69, 9.17) is 0 Å². The summed E-state index contributed by atoms with van der Waals surface area (Å²) >= 11 is 0. The Morgan fingerprint density at radius 1 is 1.17 bits per heavy atom. The van der Waals surface area contributed by atoms with Gasteiger partial charge in [-0.1, -0.05) is 24.8 Å². The van der Waals surface area contributed by atoms with Gasteiger partial charge in [0.2, 0.25) is 0 Å². The van der Waals surface area contributed by atoms with Gasteiger partial charge in [0, 0.05) is 38.3 Å². The van der Waals surface area contributed by atoms with Crippen molar-refractivity contribution in [1.29, 1.82) is 0 Å². The highest BCUT2D eigenvalue weighted by atomic mass is 16.6. The molecule has 2 fully saturated rings. The summed E-state index contributed by atoms with van der Waals surface area (Å²) < 4.78 is 3.97. The lowest BCUT2D eigenvalue weighted by Crippen LogP contribution is -1.96. The van der Waals surface area contributed by atoms with Crippen LogP contribution < -0.4 is 10.6 Å². The summed E-state index contributed by atoms with van der Waals surface area (Å²) in [4.78, 5) is 19.8. The molecule has 0 bridgehead atoms. The average Bonchev–Trinajstić information content (AvgIpc) is 3.22. The van der Waals surface area contributed by atoms with Gasteiger partial charge in [0.05, 0.1) is 0 Å². The zero-order valence-electron chi connectivity index (χ0n) is 10.7. The van der Waals surface area contributed by atoms with Gasteiger partial charge in [-0.15, -0.1) is 0 Å². The van der Waals surface area contributed by atoms with Gasteiger partial charge in [-0.05, 0) is 6.92 Å². The van der Waals surface area contributed by atoms with Gasteiger partial charge < -0.3 is 15.4 Å². The fourth-order valence-electron chi connectivity index (χ4n) is 0.303. The number of rotatable bonds is 1. The molecule has 2 saturated heterocycles. The molecule has 0 aromatic rings. The second kappa shape index (κ2) is 10.4. The number of esters is 2. The Bertz CT molecular complexity index is 304. The Morgan fingerprint density at radius 3 is 1.50 bits per heavy atom. The van der Waals surface area contributed by atoms with E-state index in [1.54, 1.807) is 6.08 Å². The van der Waals surface area contributed by atoms with Crippen molar-refractivity contribution in [1.82, 2.24) is 10.6 Å². The maximum atomic E-state index is 9.92. The first-order valence-electron chi connectivity index (χ1n) is 5.69. The molecule has 5 heteroatoms. The zero-order valence-corrected chi connectivity index (χ0v) is 10.7. The maximum absolute atomic E-state index is 9.92. The van der Waals surface area contributed by atoms with Crippen molar-refractivity contribution in [3.63, 3.8) is 0 Å². The fourth-order valence-corrected chi connectivity index (χ4v) is 0.303. The summed E-state index contributed by atoms with van der Waals surface area (Å²) in [6, 6.07) is 0. The van der Waals surface area contributed by atoms with Crippen LogP contribution in [0.15, 0.2) is 37.0 Å². The molecular formula is C13H20N2O3. The highest BCUT2D eigenvalue weighted by Gasteiger charge is 2.10. The second-order valence-corrected chi connectivity index (χ2v) is 3.62. The van der Waals surface area contributed by atoms with E-state index in [-0.39, 0.29) is 0 Å². The molecule has 0 amide bonds. The SMILES string of the molecule is C1CN1.C1CN1.C=CC(=C)C.O=C1C=CC(=O)O1. The molecule has 0 radical (unpaired) electrons. The molecule has 0 saturated carbocycles. The van der Waals surface area contributed by atoms with E-state index in [1.165, 1.54) is 26.2 Å². The first-order valence-corrected chi connectivity index (χ1v) is 5.69. The van der Waals surface area contributed by atoms with E-state index in [0.29, 0.717) is 0 Å². The van der Waals surface area contributed by atoms with Gasteiger partial charge in [-0.3, -0.25) is 0 Å². The highest BCUT2D eigenvalue weighted by Crippen LogP contribution is 1.92. The van der Waals surface area contributed by atoms with E-state index < -0.39 is 11.9 Å². The summed E-state index contributed by atoms with van der Waals surface area (Å²) in [7, 11) is 0. The predicted molar refractivity (Wildman–Crippen MR) is 71.0 cm³/mol. The van der Waals surface area contributed by atoms with Gasteiger partial charge >= 0.3 is 11.9 Å². The molecule has 0 aromatic carbocycles. The molecule has 18 heavy (non-hydrogen) atoms. The molecule has 5 nitrogen and oxygen atoms in total. The minimum atomic E-state index is -0.579. The zero-order chi connectivity index (χ0) is 13.8. The Balaban J connectivity index is 0.000000228. The van der Waals surface area contributed by atoms with Crippen LogP contribution >= 0.6 is 0 Å². The van der Waals surface area contributed by atoms with E-state index in [1.807, 2.05) is 6.92 Å². The third kappa shape index (κ3) is 19.8. The number of allylic oxidation sites excluding steroid dienone is 2. The highest BCUT2D eigenvalue weighted by molar-refractivity contribution is 6.04. The first-order chi connectivity index (χ1) is 8.56. The molecule has 0 unspecified atom stereocenters. The quantitative estimate of drug-likeness (QED) is 0.308. The van der Waals surface area contributed by atoms with Crippen molar-refractivity contribution < 1.29 is 14.3 Å². The van der Waals surface area contributed by atoms with E-state index in [2.05, 4.69) is 28.5 Å². The topological polar surface area (TPSA) is 87.3 Å². The van der Waals surface area contributed by atoms with Gasteiger partial charge in [0.1, 0.15) is 0 Å². The van der Waals surface area contributed by atoms with Crippen molar-refractivity contribution in [3.05, 3.63) is 37.0 Å². The number of hydrogen-bond acceptors (Lipinski definition) is 5. The van der Waals surface area contributed by atoms with Crippen LogP contribution in [0.3, 0.4) is 0 Å². The molecule has 3 aliphatic rings. The smallest absolute Gasteiger partial charge is 0.338 e. The van der Waals surface area contributed by atoms with Crippen LogP contribution in [0, 0.1) is 0 Å². The van der Waals surface area contributed by atoms with Gasteiger partial charge in [-0.2, -0.15) is 0 Å². The van der Waals surface area contributed by atoms with Gasteiger partial charge in [0.25, 0.3) is 0 Å². The molecular weight excluding hydrogens is 232 g/mol. The number of cyclic esters (lactones) is 2. The van der Waals surface area contributed by atoms with Crippen molar-refractivity contribution in [3.8, 4) is 0 Å². The van der Waals surface area contributed by atoms with Crippen LogP contribution in [0.5, 0.6) is 0 Å². The maximum Gasteiger partial charge on any atom is 0.338 e. The summed E-state index contributed by atoms with van der Waals surface area (Å²) in [5.74, 6) is -1.16. The standard InChI is InChI=1S/C5H8.C4H2O3.2C2H5N/c1-4-5(2)3;5-3-1-2-4(6)7-3;2*1-2-3-1/h4H,1-2H2,3H3;1-2H;2*3H,1-2H2. The normalized spacial score (nSPS) is 16.7. The van der Waals surface area contributed by atoms with Crippen molar-refractivity contribution >= 4 is 11.9 Å². The molecule has 3 heterocycles. The lowest BCUT2D eigenvalue weighted by Gasteiger charge is -1.80. The summed E-state index contributed by atoms with van der Waals surface area (Å²) in [6.07, 6.45) is 3.89. The number of hydrogen-bond donors (Lipinski definition) is 2. The Kier molecular flexibility index (Phi) is 9.44. The van der Waals surface area contributed by atoms with Gasteiger partial charge in [0.15, 0.2) is 0 Å². The van der Waals surface area contributed by atoms with E-state index in [9.17, 15) is 9.59 Å². The van der Waals surface area contributed by atoms with Crippen LogP contribution in [0.1, 0.15) is 6.92 Å². The molecule has 3 aliphatic heterocycles. The predicted octanol–water partition coefficient (Wildman–Crippen LogP) is 0.554. The molecule has 0 aromatic heterocycles. The summed E-state index contributed by atoms with van der Waals surface area (Å²) in [5, 5.41) is 6.00. The minimum Gasteiger partial charge on any atom is -0.387 e. The fraction of sp³-hybridized carbons (Fsp3) is 0.385. The van der Waals surface area contributed by atoms with Crippen LogP contribution in [0.25, 0.3) is 0 Å². The van der Waals surface area contributed by atoms with Crippen molar-refractivity contribution in [2.75, 3.05) is 26.2 Å². The summed E-state index contributed by atoms with van der Waals surface area (Å²) in [5.41, 5.74) is 1.02. The minimum absolute atomic E-state index is 0.579. The molecule has 3 rings (SSSR count). The Labute approximate surface area is 108 Å². The van der Waals surface area contributed by atoms with Crippen LogP contribution in [0.2, 0.25) is 0 Å². The number of nitrogens with one attached hydrogen (secondary N) is 2. The van der Waals surface area contributed by atoms with Crippen LogP contribution in [-0.2, 0) is 14.3 Å². The largest absolute Gasteiger partial charge is 0.387 e. The van der Waals surface area contributed by atoms with Crippen LogP contribution in [0.4, 0.5) is 0 Å². The van der Waals surface area contributed by atoms with Gasteiger partial charge in [-0.25, -0.2) is 9.59 Å². The molecule has 100 valence electrons. The monoisotopic (exact) mass is 252 g/mol. The lowest BCUT2D eigenvalue weighted by molar-refractivity contribution is -0.150. The number of ether oxygens (including phenoxy) is 1. The van der Waals surface area contributed by atoms with E-state index >= 15 is 0 Å². The van der Waals surface area contributed by atoms with E-state index in [0.717, 1.165) is 17.7 Å². The average molecular weight is 252 g/mol. The molecule has 2 N–H and O–H groups in total. The molecule has 0 aliphatic carbocycles. The lowest BCUT2D eigenvalue weighted by atomic mass is 10.4. The second-order valence-electron chi connectivity index (χ2n) is 3.62. The third-order valence-electron chi connectivity index (χ3n) is 1.41. The van der Waals surface area contributed by atoms with Crippen LogP contribution in [-0.4, -0.2) is 38.1 Å². The number of carbonyl (C=O) groups is 2. The van der Waals surface area contributed by atoms with Crippen molar-refractivity contribution in [2.24, 2.45) is 0 Å². The van der Waals surface area contributed by atoms with Crippen molar-refractivity contribution in [2.45, 2.75) is 6.92 Å². The summed E-state index contributed by atoms with van der Waals surface area (Å²) in [6.45, 7) is 13.9. The molecule has 0 spiro atoms. The Morgan fingerprint density at radius 2 is 1.44 bits per heavy atom. The molecule has 0 atom stereocenters. The Hall–Kier alpha value is -1.72. The first kappa shape index (κ1) is 16.3. The third-order valence-corrected chi connectivity index (χ3v) is 1.41.